The van der Waals surface area contributed by atoms with Crippen molar-refractivity contribution in [3.8, 4) is 0 Å². The van der Waals surface area contributed by atoms with E-state index in [1.54, 1.807) is 0 Å². The van der Waals surface area contributed by atoms with E-state index in [1.807, 2.05) is 0 Å². The van der Waals surface area contributed by atoms with E-state index in [0.717, 1.165) is 21.6 Å². The molecule has 108 valence electrons. The molecule has 1 heterocycles. The molecule has 0 aliphatic heterocycles. The van der Waals surface area contributed by atoms with Crippen LogP contribution in [0.1, 0.15) is 58.1 Å². The molecule has 1 saturated carbocycles. The van der Waals surface area contributed by atoms with Gasteiger partial charge >= 0.3 is 0 Å². The first-order valence-corrected chi connectivity index (χ1v) is 8.71. The molecule has 2 unspecified atom stereocenters. The Bertz CT molecular complexity index is 428. The molecule has 0 radical (unpaired) electrons. The lowest BCUT2D eigenvalue weighted by molar-refractivity contribution is 0.198. The van der Waals surface area contributed by atoms with Gasteiger partial charge in [-0.05, 0) is 43.2 Å². The predicted molar refractivity (Wildman–Crippen MR) is 86.5 cm³/mol. The molecule has 0 saturated heterocycles. The van der Waals surface area contributed by atoms with Crippen molar-refractivity contribution in [3.63, 3.8) is 0 Å². The molecule has 0 amide bonds. The Morgan fingerprint density at radius 1 is 1.47 bits per heavy atom. The fourth-order valence-corrected chi connectivity index (χ4v) is 4.86. The van der Waals surface area contributed by atoms with E-state index >= 15 is 0 Å². The van der Waals surface area contributed by atoms with Gasteiger partial charge in [0.1, 0.15) is 0 Å². The Morgan fingerprint density at radius 2 is 2.21 bits per heavy atom. The number of halogens is 2. The molecule has 2 rings (SSSR count). The Hall–Kier alpha value is 0.240. The third kappa shape index (κ3) is 3.47. The first-order valence-electron chi connectivity index (χ1n) is 7.14. The summed E-state index contributed by atoms with van der Waals surface area (Å²) >= 11 is 14.0. The molecule has 0 bridgehead atoms. The third-order valence-electron chi connectivity index (χ3n) is 4.37. The summed E-state index contributed by atoms with van der Waals surface area (Å²) in [5.74, 6) is 0.641. The monoisotopic (exact) mass is 319 g/mol. The summed E-state index contributed by atoms with van der Waals surface area (Å²) < 4.78 is 1.64. The van der Waals surface area contributed by atoms with Gasteiger partial charge in [0, 0.05) is 11.6 Å². The minimum absolute atomic E-state index is 0.341. The van der Waals surface area contributed by atoms with Gasteiger partial charge in [-0.25, -0.2) is 0 Å². The smallest absolute Gasteiger partial charge is 0.0992 e. The quantitative estimate of drug-likeness (QED) is 0.710. The second-order valence-corrected chi connectivity index (χ2v) is 8.48. The average Bonchev–Trinajstić information content (AvgIpc) is 2.83. The van der Waals surface area contributed by atoms with Crippen LogP contribution >= 0.6 is 34.5 Å². The van der Waals surface area contributed by atoms with E-state index in [0.29, 0.717) is 17.4 Å². The van der Waals surface area contributed by atoms with E-state index in [4.69, 9.17) is 23.2 Å². The van der Waals surface area contributed by atoms with Gasteiger partial charge in [-0.1, -0.05) is 50.4 Å². The molecule has 0 aromatic carbocycles. The Labute approximate surface area is 130 Å². The lowest BCUT2D eigenvalue weighted by Crippen LogP contribution is -2.34. The highest BCUT2D eigenvalue weighted by Crippen LogP contribution is 2.50. The Balaban J connectivity index is 2.28. The van der Waals surface area contributed by atoms with E-state index in [-0.39, 0.29) is 0 Å². The molecule has 19 heavy (non-hydrogen) atoms. The zero-order valence-corrected chi connectivity index (χ0v) is 14.3. The first-order chi connectivity index (χ1) is 8.95. The molecule has 1 aromatic rings. The fraction of sp³-hybridized carbons (Fsp3) is 0.733. The zero-order valence-electron chi connectivity index (χ0n) is 11.9. The largest absolute Gasteiger partial charge is 0.310 e. The maximum Gasteiger partial charge on any atom is 0.0992 e. The molecule has 1 N–H and O–H groups in total. The van der Waals surface area contributed by atoms with Crippen LogP contribution in [0.15, 0.2) is 6.07 Å². The van der Waals surface area contributed by atoms with Crippen molar-refractivity contribution in [2.24, 2.45) is 11.3 Å². The standard InChI is InChI=1S/C15H23Cl2NS/c1-4-8-18-13(10-9-12(16)19-14(10)17)11-6-5-7-15(11,2)3/h9,11,13,18H,4-8H2,1-3H3. The maximum absolute atomic E-state index is 6.38. The zero-order chi connectivity index (χ0) is 14.0. The molecular formula is C15H23Cl2NS. The van der Waals surface area contributed by atoms with Gasteiger partial charge < -0.3 is 5.32 Å². The minimum Gasteiger partial charge on any atom is -0.310 e. The van der Waals surface area contributed by atoms with Crippen LogP contribution in [0.2, 0.25) is 8.67 Å². The summed E-state index contributed by atoms with van der Waals surface area (Å²) in [4.78, 5) is 0. The van der Waals surface area contributed by atoms with Gasteiger partial charge in [0.2, 0.25) is 0 Å². The van der Waals surface area contributed by atoms with Crippen LogP contribution in [-0.4, -0.2) is 6.54 Å². The minimum atomic E-state index is 0.341. The van der Waals surface area contributed by atoms with Crippen LogP contribution in [0.25, 0.3) is 0 Å². The predicted octanol–water partition coefficient (Wildman–Crippen LogP) is 5.92. The average molecular weight is 320 g/mol. The molecule has 2 atom stereocenters. The van der Waals surface area contributed by atoms with Crippen molar-refractivity contribution < 1.29 is 0 Å². The maximum atomic E-state index is 6.38. The van der Waals surface area contributed by atoms with Gasteiger partial charge in [0.25, 0.3) is 0 Å². The molecule has 0 spiro atoms. The summed E-state index contributed by atoms with van der Waals surface area (Å²) in [5, 5.41) is 3.70. The second kappa shape index (κ2) is 6.34. The first kappa shape index (κ1) is 15.6. The third-order valence-corrected chi connectivity index (χ3v) is 5.89. The second-order valence-electron chi connectivity index (χ2n) is 6.20. The summed E-state index contributed by atoms with van der Waals surface area (Å²) in [6, 6.07) is 2.39. The highest BCUT2D eigenvalue weighted by Gasteiger charge is 2.40. The summed E-state index contributed by atoms with van der Waals surface area (Å²) in [6.07, 6.45) is 5.03. The van der Waals surface area contributed by atoms with Crippen molar-refractivity contribution in [1.82, 2.24) is 5.32 Å². The van der Waals surface area contributed by atoms with Gasteiger partial charge in [-0.15, -0.1) is 11.3 Å². The van der Waals surface area contributed by atoms with Crippen molar-refractivity contribution in [1.29, 1.82) is 0 Å². The van der Waals surface area contributed by atoms with E-state index in [1.165, 1.54) is 36.2 Å². The molecule has 1 aliphatic rings. The van der Waals surface area contributed by atoms with Gasteiger partial charge in [0.15, 0.2) is 0 Å². The van der Waals surface area contributed by atoms with Crippen molar-refractivity contribution in [3.05, 3.63) is 20.3 Å². The summed E-state index contributed by atoms with van der Waals surface area (Å²) in [7, 11) is 0. The van der Waals surface area contributed by atoms with E-state index in [2.05, 4.69) is 32.2 Å². The normalized spacial score (nSPS) is 23.7. The van der Waals surface area contributed by atoms with Crippen LogP contribution in [0, 0.1) is 11.3 Å². The molecule has 1 fully saturated rings. The SMILES string of the molecule is CCCNC(c1cc(Cl)sc1Cl)C1CCCC1(C)C. The number of nitrogens with one attached hydrogen (secondary N) is 1. The van der Waals surface area contributed by atoms with Crippen molar-refractivity contribution in [2.75, 3.05) is 6.54 Å². The molecular weight excluding hydrogens is 297 g/mol. The van der Waals surface area contributed by atoms with Gasteiger partial charge in [0.05, 0.1) is 8.67 Å². The van der Waals surface area contributed by atoms with Gasteiger partial charge in [-0.2, -0.15) is 0 Å². The van der Waals surface area contributed by atoms with Crippen molar-refractivity contribution in [2.45, 2.75) is 52.5 Å². The number of thiophene rings is 1. The topological polar surface area (TPSA) is 12.0 Å². The molecule has 1 aromatic heterocycles. The summed E-state index contributed by atoms with van der Waals surface area (Å²) in [6.45, 7) is 7.99. The number of hydrogen-bond donors (Lipinski definition) is 1. The highest BCUT2D eigenvalue weighted by atomic mass is 35.5. The molecule has 1 nitrogen and oxygen atoms in total. The van der Waals surface area contributed by atoms with Crippen LogP contribution in [0.3, 0.4) is 0 Å². The van der Waals surface area contributed by atoms with Crippen LogP contribution in [0.4, 0.5) is 0 Å². The van der Waals surface area contributed by atoms with Gasteiger partial charge in [-0.3, -0.25) is 0 Å². The fourth-order valence-electron chi connectivity index (χ4n) is 3.31. The Morgan fingerprint density at radius 3 is 2.68 bits per heavy atom. The number of hydrogen-bond acceptors (Lipinski definition) is 2. The van der Waals surface area contributed by atoms with Crippen molar-refractivity contribution >= 4 is 34.5 Å². The summed E-state index contributed by atoms with van der Waals surface area (Å²) in [5.41, 5.74) is 1.58. The van der Waals surface area contributed by atoms with E-state index in [9.17, 15) is 0 Å². The van der Waals surface area contributed by atoms with Crippen LogP contribution in [0.5, 0.6) is 0 Å². The van der Waals surface area contributed by atoms with Crippen LogP contribution in [-0.2, 0) is 0 Å². The molecule has 1 aliphatic carbocycles. The molecule has 4 heteroatoms. The lowest BCUT2D eigenvalue weighted by atomic mass is 9.76. The highest BCUT2D eigenvalue weighted by molar-refractivity contribution is 7.20. The Kier molecular flexibility index (Phi) is 5.21. The lowest BCUT2D eigenvalue weighted by Gasteiger charge is -2.35. The van der Waals surface area contributed by atoms with Crippen LogP contribution < -0.4 is 5.32 Å². The number of rotatable bonds is 5. The van der Waals surface area contributed by atoms with E-state index < -0.39 is 0 Å².